The average Bonchev–Trinajstić information content (AvgIpc) is 3.32. The van der Waals surface area contributed by atoms with Crippen LogP contribution in [0.1, 0.15) is 94.5 Å². The summed E-state index contributed by atoms with van der Waals surface area (Å²) in [5, 5.41) is 9.17. The summed E-state index contributed by atoms with van der Waals surface area (Å²) in [5.74, 6) is 0.841. The van der Waals surface area contributed by atoms with E-state index in [0.29, 0.717) is 0 Å². The number of thiazole rings is 1. The van der Waals surface area contributed by atoms with Gasteiger partial charge in [0.1, 0.15) is 5.75 Å². The smallest absolute Gasteiger partial charge is 0.323 e. The molecule has 0 atom stereocenters. The van der Waals surface area contributed by atoms with Crippen LogP contribution in [0.25, 0.3) is 0 Å². The first-order chi connectivity index (χ1) is 18.6. The molecular weight excluding hydrogens is 570 g/mol. The molecule has 0 aliphatic heterocycles. The van der Waals surface area contributed by atoms with Crippen molar-refractivity contribution in [1.82, 2.24) is 0 Å². The molecule has 39 heavy (non-hydrogen) atoms. The van der Waals surface area contributed by atoms with Crippen molar-refractivity contribution in [2.75, 3.05) is 17.2 Å². The van der Waals surface area contributed by atoms with Crippen molar-refractivity contribution in [2.24, 2.45) is 0 Å². The van der Waals surface area contributed by atoms with Crippen LogP contribution in [-0.2, 0) is 6.54 Å². The van der Waals surface area contributed by atoms with E-state index < -0.39 is 0 Å². The first kappa shape index (κ1) is 32.8. The molecule has 214 valence electrons. The molecule has 0 aliphatic carbocycles. The number of amides is 2. The van der Waals surface area contributed by atoms with Crippen LogP contribution in [0.15, 0.2) is 60.1 Å². The number of rotatable bonds is 18. The highest BCUT2D eigenvalue weighted by atomic mass is 79.9. The third-order valence-corrected chi connectivity index (χ3v) is 7.63. The van der Waals surface area contributed by atoms with Gasteiger partial charge in [-0.2, -0.15) is 4.57 Å². The molecular formula is C32H46BrN3O2S. The number of unbranched alkanes of at least 4 members (excludes halogenated alkanes) is 11. The number of hydrogen-bond donors (Lipinski definition) is 2. The van der Waals surface area contributed by atoms with Crippen molar-refractivity contribution in [3.05, 3.63) is 70.7 Å². The molecule has 0 bridgehead atoms. The molecule has 0 unspecified atom stereocenters. The maximum atomic E-state index is 12.5. The predicted octanol–water partition coefficient (Wildman–Crippen LogP) is 6.12. The van der Waals surface area contributed by atoms with Gasteiger partial charge in [-0.25, -0.2) is 4.79 Å². The van der Waals surface area contributed by atoms with E-state index in [1.165, 1.54) is 75.6 Å². The zero-order valence-corrected chi connectivity index (χ0v) is 26.1. The van der Waals surface area contributed by atoms with E-state index >= 15 is 0 Å². The van der Waals surface area contributed by atoms with Crippen molar-refractivity contribution < 1.29 is 31.1 Å². The second-order valence-corrected chi connectivity index (χ2v) is 11.2. The van der Waals surface area contributed by atoms with Crippen molar-refractivity contribution >= 4 is 28.7 Å². The Labute approximate surface area is 250 Å². The zero-order chi connectivity index (χ0) is 26.8. The fourth-order valence-corrected chi connectivity index (χ4v) is 5.21. The number of hydrogen-bond acceptors (Lipinski definition) is 3. The molecule has 7 heteroatoms. The molecule has 3 rings (SSSR count). The Morgan fingerprint density at radius 1 is 0.821 bits per heavy atom. The van der Waals surface area contributed by atoms with Gasteiger partial charge in [0.25, 0.3) is 0 Å². The summed E-state index contributed by atoms with van der Waals surface area (Å²) in [6.07, 6.45) is 18.2. The molecule has 2 aromatic carbocycles. The Morgan fingerprint density at radius 2 is 1.44 bits per heavy atom. The van der Waals surface area contributed by atoms with E-state index in [4.69, 9.17) is 4.74 Å². The SMILES string of the molecule is CCCCCCCCCCCCCCOc1ccc(NC(=O)Nc2cccc(C[n+]3ccsc3C)c2)cc1.[Br-]. The molecule has 0 saturated heterocycles. The molecule has 0 spiro atoms. The lowest BCUT2D eigenvalue weighted by atomic mass is 10.1. The van der Waals surface area contributed by atoms with E-state index in [2.05, 4.69) is 46.7 Å². The molecule has 0 radical (unpaired) electrons. The van der Waals surface area contributed by atoms with Crippen molar-refractivity contribution in [1.29, 1.82) is 0 Å². The lowest BCUT2D eigenvalue weighted by molar-refractivity contribution is -0.689. The van der Waals surface area contributed by atoms with E-state index in [-0.39, 0.29) is 23.0 Å². The van der Waals surface area contributed by atoms with Crippen molar-refractivity contribution in [3.63, 3.8) is 0 Å². The number of halogens is 1. The maximum absolute atomic E-state index is 12.5. The first-order valence-electron chi connectivity index (χ1n) is 14.5. The summed E-state index contributed by atoms with van der Waals surface area (Å²) in [6, 6.07) is 15.3. The highest BCUT2D eigenvalue weighted by Gasteiger charge is 2.10. The van der Waals surface area contributed by atoms with Crippen LogP contribution in [0.5, 0.6) is 5.75 Å². The van der Waals surface area contributed by atoms with E-state index in [1.807, 2.05) is 42.5 Å². The third-order valence-electron chi connectivity index (χ3n) is 6.80. The van der Waals surface area contributed by atoms with Gasteiger partial charge in [0.05, 0.1) is 12.0 Å². The van der Waals surface area contributed by atoms with Crippen molar-refractivity contribution in [2.45, 2.75) is 97.4 Å². The van der Waals surface area contributed by atoms with Crippen LogP contribution in [0.3, 0.4) is 0 Å². The molecule has 5 nitrogen and oxygen atoms in total. The number of anilines is 2. The number of urea groups is 1. The number of carbonyl (C=O) groups excluding carboxylic acids is 1. The van der Waals surface area contributed by atoms with Crippen molar-refractivity contribution in [3.8, 4) is 5.75 Å². The summed E-state index contributed by atoms with van der Waals surface area (Å²) in [7, 11) is 0. The number of ether oxygens (including phenoxy) is 1. The monoisotopic (exact) mass is 615 g/mol. The molecule has 3 aromatic rings. The quantitative estimate of drug-likeness (QED) is 0.134. The van der Waals surface area contributed by atoms with E-state index in [0.717, 1.165) is 42.3 Å². The van der Waals surface area contributed by atoms with Crippen LogP contribution in [0.4, 0.5) is 16.2 Å². The number of aromatic nitrogens is 1. The van der Waals surface area contributed by atoms with Gasteiger partial charge in [0.15, 0.2) is 12.7 Å². The lowest BCUT2D eigenvalue weighted by Crippen LogP contribution is -3.00. The molecule has 0 aliphatic rings. The Kier molecular flexibility index (Phi) is 16.5. The van der Waals surface area contributed by atoms with Gasteiger partial charge < -0.3 is 32.4 Å². The Bertz CT molecular complexity index is 1070. The van der Waals surface area contributed by atoms with Crippen LogP contribution >= 0.6 is 11.3 Å². The first-order valence-corrected chi connectivity index (χ1v) is 15.4. The number of nitrogens with zero attached hydrogens (tertiary/aromatic N) is 1. The number of carbonyl (C=O) groups is 1. The number of nitrogens with one attached hydrogen (secondary N) is 2. The Hall–Kier alpha value is -2.38. The number of aryl methyl sites for hydroxylation is 1. The van der Waals surface area contributed by atoms with Gasteiger partial charge >= 0.3 is 6.03 Å². The van der Waals surface area contributed by atoms with Gasteiger partial charge in [0, 0.05) is 23.9 Å². The van der Waals surface area contributed by atoms with Gasteiger partial charge in [-0.3, -0.25) is 0 Å². The minimum absolute atomic E-state index is 0. The summed E-state index contributed by atoms with van der Waals surface area (Å²) in [6.45, 7) is 5.91. The zero-order valence-electron chi connectivity index (χ0n) is 23.7. The number of benzene rings is 2. The summed E-state index contributed by atoms with van der Waals surface area (Å²) < 4.78 is 8.09. The standard InChI is InChI=1S/C32H45N3O2S.BrH/c1-3-4-5-6-7-8-9-10-11-12-13-14-23-37-31-20-18-29(19-21-31)33-32(36)34-30-17-15-16-28(25-30)26-35-22-24-38-27(35)2;/h15-22,24-25H,3-14,23,26H2,1-2H3,(H-,33,34,36);1H. The highest BCUT2D eigenvalue weighted by Crippen LogP contribution is 2.18. The predicted molar refractivity (Wildman–Crippen MR) is 160 cm³/mol. The van der Waals surface area contributed by atoms with Crippen LogP contribution in [0.2, 0.25) is 0 Å². The summed E-state index contributed by atoms with van der Waals surface area (Å²) >= 11 is 1.73. The Morgan fingerprint density at radius 3 is 2.05 bits per heavy atom. The molecule has 2 amide bonds. The fourth-order valence-electron chi connectivity index (χ4n) is 4.54. The molecule has 0 saturated carbocycles. The van der Waals surface area contributed by atoms with Crippen LogP contribution in [-0.4, -0.2) is 12.6 Å². The summed E-state index contributed by atoms with van der Waals surface area (Å²) in [5.41, 5.74) is 2.65. The molecule has 0 fully saturated rings. The normalized spacial score (nSPS) is 10.6. The van der Waals surface area contributed by atoms with E-state index in [1.54, 1.807) is 11.3 Å². The second kappa shape index (κ2) is 19.6. The molecule has 1 aromatic heterocycles. The van der Waals surface area contributed by atoms with Gasteiger partial charge in [-0.05, 0) is 42.8 Å². The maximum Gasteiger partial charge on any atom is 0.323 e. The van der Waals surface area contributed by atoms with E-state index in [9.17, 15) is 4.79 Å². The van der Waals surface area contributed by atoms with Crippen LogP contribution < -0.4 is 36.9 Å². The second-order valence-electron chi connectivity index (χ2n) is 10.1. The minimum atomic E-state index is -0.258. The molecule has 1 heterocycles. The highest BCUT2D eigenvalue weighted by molar-refractivity contribution is 7.09. The Balaban J connectivity index is 0.00000533. The van der Waals surface area contributed by atoms with Gasteiger partial charge in [-0.15, -0.1) is 0 Å². The topological polar surface area (TPSA) is 54.2 Å². The third kappa shape index (κ3) is 13.5. The summed E-state index contributed by atoms with van der Waals surface area (Å²) in [4.78, 5) is 12.5. The van der Waals surface area contributed by atoms with Gasteiger partial charge in [0.2, 0.25) is 5.01 Å². The molecule has 2 N–H and O–H groups in total. The van der Waals surface area contributed by atoms with Gasteiger partial charge in [-0.1, -0.05) is 101 Å². The largest absolute Gasteiger partial charge is 1.00 e. The fraction of sp³-hybridized carbons (Fsp3) is 0.500. The average molecular weight is 617 g/mol. The minimum Gasteiger partial charge on any atom is -1.00 e. The lowest BCUT2D eigenvalue weighted by Gasteiger charge is -2.10. The van der Waals surface area contributed by atoms with Crippen LogP contribution in [0, 0.1) is 6.92 Å².